The lowest BCUT2D eigenvalue weighted by molar-refractivity contribution is 0.131. The van der Waals surface area contributed by atoms with E-state index < -0.39 is 0 Å². The summed E-state index contributed by atoms with van der Waals surface area (Å²) in [6.07, 6.45) is 2.35. The minimum atomic E-state index is -0.118. The molecule has 0 unspecified atom stereocenters. The first-order valence-electron chi connectivity index (χ1n) is 6.44. The Morgan fingerprint density at radius 1 is 0.882 bits per heavy atom. The number of aryl methyl sites for hydroxylation is 1. The second-order valence-corrected chi connectivity index (χ2v) is 6.92. The Balaban J connectivity index is 2.56. The van der Waals surface area contributed by atoms with E-state index in [1.165, 1.54) is 12.0 Å². The second kappa shape index (κ2) is 5.12. The normalized spacial score (nSPS) is 12.6. The molecule has 1 aromatic carbocycles. The van der Waals surface area contributed by atoms with Gasteiger partial charge in [-0.15, -0.1) is 0 Å². The summed E-state index contributed by atoms with van der Waals surface area (Å²) in [7, 11) is 0. The van der Waals surface area contributed by atoms with Gasteiger partial charge in [-0.05, 0) is 56.7 Å². The average molecular weight is 234 g/mol. The molecular formula is C16H26O. The van der Waals surface area contributed by atoms with E-state index in [1.807, 2.05) is 0 Å². The Kier molecular flexibility index (Phi) is 4.24. The lowest BCUT2D eigenvalue weighted by Crippen LogP contribution is -2.22. The molecule has 0 amide bonds. The number of hydrogen-bond acceptors (Lipinski definition) is 1. The van der Waals surface area contributed by atoms with Gasteiger partial charge in [0.25, 0.3) is 0 Å². The molecule has 0 saturated carbocycles. The fourth-order valence-electron chi connectivity index (χ4n) is 1.60. The molecule has 0 aliphatic carbocycles. The first-order chi connectivity index (χ1) is 7.66. The second-order valence-electron chi connectivity index (χ2n) is 6.92. The standard InChI is InChI=1S/C16H26O/c1-15(2,3)12-11-13-7-9-14(10-8-13)17-16(4,5)6/h7-10H,11-12H2,1-6H3. The summed E-state index contributed by atoms with van der Waals surface area (Å²) >= 11 is 0. The van der Waals surface area contributed by atoms with E-state index >= 15 is 0 Å². The third-order valence-corrected chi connectivity index (χ3v) is 2.51. The Morgan fingerprint density at radius 2 is 1.41 bits per heavy atom. The van der Waals surface area contributed by atoms with E-state index in [0.29, 0.717) is 5.41 Å². The van der Waals surface area contributed by atoms with Crippen LogP contribution in [0.15, 0.2) is 24.3 Å². The van der Waals surface area contributed by atoms with Crippen LogP contribution in [0.5, 0.6) is 5.75 Å². The highest BCUT2D eigenvalue weighted by Crippen LogP contribution is 2.23. The molecule has 0 radical (unpaired) electrons. The SMILES string of the molecule is CC(C)(C)CCc1ccc(OC(C)(C)C)cc1. The van der Waals surface area contributed by atoms with Gasteiger partial charge in [0, 0.05) is 0 Å². The van der Waals surface area contributed by atoms with Crippen LogP contribution < -0.4 is 4.74 Å². The topological polar surface area (TPSA) is 9.23 Å². The Hall–Kier alpha value is -0.980. The molecule has 1 heteroatoms. The molecule has 17 heavy (non-hydrogen) atoms. The molecule has 0 aliphatic heterocycles. The van der Waals surface area contributed by atoms with E-state index in [2.05, 4.69) is 65.8 Å². The molecule has 0 aromatic heterocycles. The van der Waals surface area contributed by atoms with Crippen molar-refractivity contribution < 1.29 is 4.74 Å². The van der Waals surface area contributed by atoms with Crippen LogP contribution >= 0.6 is 0 Å². The molecule has 0 atom stereocenters. The minimum absolute atomic E-state index is 0.118. The quantitative estimate of drug-likeness (QED) is 0.727. The molecule has 1 aromatic rings. The van der Waals surface area contributed by atoms with Crippen molar-refractivity contribution in [2.75, 3.05) is 0 Å². The molecule has 96 valence electrons. The number of ether oxygens (including phenoxy) is 1. The van der Waals surface area contributed by atoms with Crippen molar-refractivity contribution in [1.29, 1.82) is 0 Å². The highest BCUT2D eigenvalue weighted by atomic mass is 16.5. The number of rotatable bonds is 3. The van der Waals surface area contributed by atoms with Gasteiger partial charge in [-0.25, -0.2) is 0 Å². The molecule has 1 nitrogen and oxygen atoms in total. The van der Waals surface area contributed by atoms with Crippen LogP contribution in [0.4, 0.5) is 0 Å². The van der Waals surface area contributed by atoms with Crippen molar-refractivity contribution in [3.05, 3.63) is 29.8 Å². The van der Waals surface area contributed by atoms with Gasteiger partial charge in [0.1, 0.15) is 11.4 Å². The summed E-state index contributed by atoms with van der Waals surface area (Å²) in [5.41, 5.74) is 1.68. The highest BCUT2D eigenvalue weighted by molar-refractivity contribution is 5.27. The van der Waals surface area contributed by atoms with E-state index in [1.54, 1.807) is 0 Å². The molecule has 0 saturated heterocycles. The van der Waals surface area contributed by atoms with Gasteiger partial charge in [-0.3, -0.25) is 0 Å². The lowest BCUT2D eigenvalue weighted by Gasteiger charge is -2.21. The van der Waals surface area contributed by atoms with Gasteiger partial charge >= 0.3 is 0 Å². The van der Waals surface area contributed by atoms with Crippen molar-refractivity contribution in [3.63, 3.8) is 0 Å². The fraction of sp³-hybridized carbons (Fsp3) is 0.625. The van der Waals surface area contributed by atoms with E-state index in [0.717, 1.165) is 12.2 Å². The predicted molar refractivity (Wildman–Crippen MR) is 74.6 cm³/mol. The monoisotopic (exact) mass is 234 g/mol. The van der Waals surface area contributed by atoms with E-state index in [9.17, 15) is 0 Å². The van der Waals surface area contributed by atoms with Crippen LogP contribution in [0.1, 0.15) is 53.5 Å². The first kappa shape index (κ1) is 14.1. The zero-order valence-electron chi connectivity index (χ0n) is 12.1. The van der Waals surface area contributed by atoms with Crippen LogP contribution in [-0.4, -0.2) is 5.60 Å². The van der Waals surface area contributed by atoms with Crippen LogP contribution in [0.3, 0.4) is 0 Å². The minimum Gasteiger partial charge on any atom is -0.488 e. The molecule has 0 bridgehead atoms. The average Bonchev–Trinajstić information content (AvgIpc) is 2.13. The summed E-state index contributed by atoms with van der Waals surface area (Å²) in [6.45, 7) is 13.1. The van der Waals surface area contributed by atoms with Gasteiger partial charge in [0.05, 0.1) is 0 Å². The molecule has 0 spiro atoms. The first-order valence-corrected chi connectivity index (χ1v) is 6.44. The summed E-state index contributed by atoms with van der Waals surface area (Å²) in [5.74, 6) is 0.956. The van der Waals surface area contributed by atoms with E-state index in [-0.39, 0.29) is 5.60 Å². The van der Waals surface area contributed by atoms with Gasteiger partial charge < -0.3 is 4.74 Å². The fourth-order valence-corrected chi connectivity index (χ4v) is 1.60. The van der Waals surface area contributed by atoms with Crippen molar-refractivity contribution in [2.24, 2.45) is 5.41 Å². The Bertz CT molecular complexity index is 335. The maximum absolute atomic E-state index is 5.80. The summed E-state index contributed by atoms with van der Waals surface area (Å²) < 4.78 is 5.80. The van der Waals surface area contributed by atoms with E-state index in [4.69, 9.17) is 4.74 Å². The van der Waals surface area contributed by atoms with Crippen molar-refractivity contribution >= 4 is 0 Å². The Morgan fingerprint density at radius 3 is 1.82 bits per heavy atom. The summed E-state index contributed by atoms with van der Waals surface area (Å²) in [5, 5.41) is 0. The van der Waals surface area contributed by atoms with Gasteiger partial charge in [-0.1, -0.05) is 32.9 Å². The van der Waals surface area contributed by atoms with Crippen LogP contribution in [-0.2, 0) is 6.42 Å². The molecule has 0 aliphatic rings. The zero-order chi connectivity index (χ0) is 13.1. The third kappa shape index (κ3) is 6.35. The van der Waals surface area contributed by atoms with Crippen LogP contribution in [0, 0.1) is 5.41 Å². The molecule has 1 rings (SSSR count). The Labute approximate surface area is 106 Å². The van der Waals surface area contributed by atoms with Crippen molar-refractivity contribution in [3.8, 4) is 5.75 Å². The molecule has 0 fully saturated rings. The highest BCUT2D eigenvalue weighted by Gasteiger charge is 2.12. The lowest BCUT2D eigenvalue weighted by atomic mass is 9.89. The smallest absolute Gasteiger partial charge is 0.120 e. The zero-order valence-corrected chi connectivity index (χ0v) is 12.1. The molecule has 0 N–H and O–H groups in total. The maximum atomic E-state index is 5.80. The number of hydrogen-bond donors (Lipinski definition) is 0. The summed E-state index contributed by atoms with van der Waals surface area (Å²) in [4.78, 5) is 0. The maximum Gasteiger partial charge on any atom is 0.120 e. The van der Waals surface area contributed by atoms with Gasteiger partial charge in [0.2, 0.25) is 0 Å². The molecule has 0 heterocycles. The summed E-state index contributed by atoms with van der Waals surface area (Å²) in [6, 6.07) is 8.49. The van der Waals surface area contributed by atoms with Crippen molar-refractivity contribution in [1.82, 2.24) is 0 Å². The van der Waals surface area contributed by atoms with Crippen LogP contribution in [0.2, 0.25) is 0 Å². The number of benzene rings is 1. The largest absolute Gasteiger partial charge is 0.488 e. The third-order valence-electron chi connectivity index (χ3n) is 2.51. The van der Waals surface area contributed by atoms with Gasteiger partial charge in [-0.2, -0.15) is 0 Å². The molecular weight excluding hydrogens is 208 g/mol. The van der Waals surface area contributed by atoms with Crippen LogP contribution in [0.25, 0.3) is 0 Å². The van der Waals surface area contributed by atoms with Crippen molar-refractivity contribution in [2.45, 2.75) is 60.0 Å². The van der Waals surface area contributed by atoms with Gasteiger partial charge in [0.15, 0.2) is 0 Å². The predicted octanol–water partition coefficient (Wildman–Crippen LogP) is 4.84.